The molecule has 0 spiro atoms. The first-order valence-corrected chi connectivity index (χ1v) is 0. The maximum atomic E-state index is 0. The van der Waals surface area contributed by atoms with Crippen LogP contribution in [0.15, 0.2) is 0 Å². The fourth-order valence-corrected chi connectivity index (χ4v) is 0. The van der Waals surface area contributed by atoms with Gasteiger partial charge in [-0.3, -0.25) is 0 Å². The monoisotopic (exact) mass is 297 g/mol. The standard InChI is InChI=1S/2Al.H3N.3O.2Y/h;;1H3;;;;;/q2*+3;;3*-2;;. The zero-order chi connectivity index (χ0) is 0. The van der Waals surface area contributed by atoms with Crippen molar-refractivity contribution in [2.45, 2.75) is 0 Å². The summed E-state index contributed by atoms with van der Waals surface area (Å²) in [4.78, 5) is 0. The van der Waals surface area contributed by atoms with E-state index < -0.39 is 0 Å². The Morgan fingerprint density at radius 2 is 0.500 bits per heavy atom. The van der Waals surface area contributed by atoms with Crippen LogP contribution in [-0.2, 0) is 81.8 Å². The van der Waals surface area contributed by atoms with Crippen LogP contribution >= 0.6 is 0 Å². The largest absolute Gasteiger partial charge is 3.00 e. The third-order valence-electron chi connectivity index (χ3n) is 0. The van der Waals surface area contributed by atoms with Gasteiger partial charge in [0.1, 0.15) is 0 Å². The summed E-state index contributed by atoms with van der Waals surface area (Å²) in [6.07, 6.45) is 0. The molecule has 38 valence electrons. The molecular weight excluding hydrogens is 294 g/mol. The third-order valence-corrected chi connectivity index (χ3v) is 0. The van der Waals surface area contributed by atoms with Crippen LogP contribution in [0.5, 0.6) is 0 Å². The average Bonchev–Trinajstić information content (AvgIpc) is 0. The molecule has 0 rings (SSSR count). The van der Waals surface area contributed by atoms with Gasteiger partial charge in [-0.25, -0.2) is 0 Å². The Kier molecular flexibility index (Phi) is 1270. The van der Waals surface area contributed by atoms with Crippen molar-refractivity contribution in [1.29, 1.82) is 0 Å². The molecule has 0 aliphatic heterocycles. The summed E-state index contributed by atoms with van der Waals surface area (Å²) >= 11 is 0. The molecule has 0 heterocycles. The first kappa shape index (κ1) is 117. The molecule has 0 bridgehead atoms. The van der Waals surface area contributed by atoms with Crippen LogP contribution in [0.4, 0.5) is 0 Å². The topological polar surface area (TPSA) is 120 Å². The van der Waals surface area contributed by atoms with Crippen LogP contribution in [0.25, 0.3) is 0 Å². The molecular formula is H3Al2NO3Y2. The molecule has 0 aromatic rings. The second kappa shape index (κ2) is 86.7. The minimum Gasteiger partial charge on any atom is -2.00 e. The predicted molar refractivity (Wildman–Crippen MR) is 18.6 cm³/mol. The molecule has 0 saturated carbocycles. The van der Waals surface area contributed by atoms with Gasteiger partial charge in [-0.2, -0.15) is 0 Å². The second-order valence-electron chi connectivity index (χ2n) is 0. The van der Waals surface area contributed by atoms with Gasteiger partial charge in [0, 0.05) is 65.4 Å². The van der Waals surface area contributed by atoms with Crippen LogP contribution in [0, 0.1) is 0 Å². The number of hydrogen-bond acceptors (Lipinski definition) is 1. The zero-order valence-electron chi connectivity index (χ0n) is 4.24. The van der Waals surface area contributed by atoms with Crippen LogP contribution in [0.1, 0.15) is 0 Å². The molecule has 0 unspecified atom stereocenters. The summed E-state index contributed by atoms with van der Waals surface area (Å²) in [6.45, 7) is 0. The molecule has 0 saturated heterocycles. The molecule has 8 heteroatoms. The van der Waals surface area contributed by atoms with E-state index in [2.05, 4.69) is 0 Å². The van der Waals surface area contributed by atoms with Crippen LogP contribution in [-0.4, -0.2) is 34.7 Å². The number of rotatable bonds is 0. The van der Waals surface area contributed by atoms with Gasteiger partial charge in [0.2, 0.25) is 0 Å². The molecule has 2 radical (unpaired) electrons. The van der Waals surface area contributed by atoms with Gasteiger partial charge in [-0.1, -0.05) is 0 Å². The molecule has 0 aromatic carbocycles. The fraction of sp³-hybridized carbons (Fsp3) is 0. The Bertz CT molecular complexity index is 15.2. The maximum absolute atomic E-state index is 0. The smallest absolute Gasteiger partial charge is 2.00 e. The Hall–Kier alpha value is 3.11. The van der Waals surface area contributed by atoms with E-state index in [1.165, 1.54) is 0 Å². The van der Waals surface area contributed by atoms with E-state index in [0.29, 0.717) is 0 Å². The zero-order valence-corrected chi connectivity index (χ0v) is 12.2. The molecule has 0 amide bonds. The van der Waals surface area contributed by atoms with Gasteiger partial charge in [0.25, 0.3) is 0 Å². The summed E-state index contributed by atoms with van der Waals surface area (Å²) in [7, 11) is 0. The van der Waals surface area contributed by atoms with Gasteiger partial charge in [-0.05, 0) is 0 Å². The quantitative estimate of drug-likeness (QED) is 0.569. The van der Waals surface area contributed by atoms with E-state index >= 15 is 0 Å². The van der Waals surface area contributed by atoms with Crippen molar-refractivity contribution in [2.75, 3.05) is 0 Å². The van der Waals surface area contributed by atoms with E-state index in [0.717, 1.165) is 0 Å². The molecule has 0 aromatic heterocycles. The summed E-state index contributed by atoms with van der Waals surface area (Å²) in [6, 6.07) is 0. The minimum atomic E-state index is 0. The van der Waals surface area contributed by atoms with Gasteiger partial charge in [0.15, 0.2) is 0 Å². The van der Waals surface area contributed by atoms with Gasteiger partial charge in [0.05, 0.1) is 0 Å². The van der Waals surface area contributed by atoms with Crippen LogP contribution in [0.2, 0.25) is 0 Å². The van der Waals surface area contributed by atoms with Gasteiger partial charge < -0.3 is 22.6 Å². The van der Waals surface area contributed by atoms with Crippen molar-refractivity contribution >= 4 is 34.7 Å². The molecule has 4 nitrogen and oxygen atoms in total. The number of hydrogen-bond donors (Lipinski definition) is 1. The average molecular weight is 297 g/mol. The summed E-state index contributed by atoms with van der Waals surface area (Å²) < 4.78 is 0. The van der Waals surface area contributed by atoms with E-state index in [4.69, 9.17) is 0 Å². The normalized spacial score (nSPS) is 0. The minimum absolute atomic E-state index is 0. The first-order chi connectivity index (χ1) is 0. The Morgan fingerprint density at radius 3 is 0.500 bits per heavy atom. The second-order valence-corrected chi connectivity index (χ2v) is 0. The molecule has 8 heavy (non-hydrogen) atoms. The van der Waals surface area contributed by atoms with E-state index in [1.807, 2.05) is 0 Å². The van der Waals surface area contributed by atoms with Gasteiger partial charge >= 0.3 is 34.7 Å². The molecule has 0 aliphatic carbocycles. The molecule has 0 atom stereocenters. The first-order valence-electron chi connectivity index (χ1n) is 0. The Balaban J connectivity index is 0. The SMILES string of the molecule is N.[Al+3].[Al+3].[O-2].[O-2].[O-2].[Y].[Y]. The van der Waals surface area contributed by atoms with E-state index in [9.17, 15) is 0 Å². The summed E-state index contributed by atoms with van der Waals surface area (Å²) in [5.41, 5.74) is 0. The molecule has 0 aliphatic rings. The van der Waals surface area contributed by atoms with E-state index in [-0.39, 0.29) is 123 Å². The third kappa shape index (κ3) is 61.9. The van der Waals surface area contributed by atoms with Crippen molar-refractivity contribution < 1.29 is 81.8 Å². The van der Waals surface area contributed by atoms with E-state index in [1.54, 1.807) is 0 Å². The Morgan fingerprint density at radius 1 is 0.500 bits per heavy atom. The van der Waals surface area contributed by atoms with Crippen molar-refractivity contribution in [1.82, 2.24) is 6.15 Å². The van der Waals surface area contributed by atoms with Crippen molar-refractivity contribution in [3.8, 4) is 0 Å². The van der Waals surface area contributed by atoms with Crippen LogP contribution in [0.3, 0.4) is 0 Å². The summed E-state index contributed by atoms with van der Waals surface area (Å²) in [5.74, 6) is 0. The van der Waals surface area contributed by atoms with Gasteiger partial charge in [-0.15, -0.1) is 0 Å². The molecule has 0 fully saturated rings. The van der Waals surface area contributed by atoms with Crippen molar-refractivity contribution in [2.24, 2.45) is 0 Å². The Labute approximate surface area is 120 Å². The van der Waals surface area contributed by atoms with Crippen LogP contribution < -0.4 is 6.15 Å². The molecule has 3 N–H and O–H groups in total. The van der Waals surface area contributed by atoms with Crippen molar-refractivity contribution in [3.63, 3.8) is 0 Å². The summed E-state index contributed by atoms with van der Waals surface area (Å²) in [5, 5.41) is 0. The van der Waals surface area contributed by atoms with Crippen molar-refractivity contribution in [3.05, 3.63) is 0 Å². The maximum Gasteiger partial charge on any atom is 3.00 e. The fourth-order valence-electron chi connectivity index (χ4n) is 0. The predicted octanol–water partition coefficient (Wildman–Crippen LogP) is -0.961.